The number of allylic oxidation sites excluding steroid dienone is 1. The molecule has 2 aromatic heterocycles. The summed E-state index contributed by atoms with van der Waals surface area (Å²) in [7, 11) is 1.48. The van der Waals surface area contributed by atoms with Gasteiger partial charge in [-0.3, -0.25) is 0 Å². The summed E-state index contributed by atoms with van der Waals surface area (Å²) in [4.78, 5) is 17.0. The molecule has 0 unspecified atom stereocenters. The average molecular weight is 479 g/mol. The molecule has 174 valence electrons. The summed E-state index contributed by atoms with van der Waals surface area (Å²) in [6.07, 6.45) is -1.48. The Morgan fingerprint density at radius 3 is 2.67 bits per heavy atom. The standard InChI is InChI=1S/C21H21F3N6O2S/c1-12(32-3)19(17-11-33-13(2)27-17)16(10-25)29-20(31)28-14-5-6-18(30-8-4-7-26-30)15(9-14)21(22,23)24/h4-12,25H,1-3H3,(H2,28,29,31)/b19-16+,25-10?/t12-/m0/s1. The number of hydrogen-bond donors (Lipinski definition) is 3. The zero-order valence-corrected chi connectivity index (χ0v) is 18.7. The number of urea groups is 1. The van der Waals surface area contributed by atoms with E-state index in [1.807, 2.05) is 6.92 Å². The van der Waals surface area contributed by atoms with Crippen LogP contribution in [-0.4, -0.2) is 40.2 Å². The van der Waals surface area contributed by atoms with Crippen LogP contribution in [-0.2, 0) is 10.9 Å². The second kappa shape index (κ2) is 9.96. The van der Waals surface area contributed by atoms with Gasteiger partial charge in [0, 0.05) is 42.4 Å². The van der Waals surface area contributed by atoms with Crippen LogP contribution in [0.5, 0.6) is 0 Å². The summed E-state index contributed by atoms with van der Waals surface area (Å²) >= 11 is 1.40. The van der Waals surface area contributed by atoms with Crippen molar-refractivity contribution >= 4 is 34.8 Å². The molecule has 0 aliphatic carbocycles. The third-order valence-corrected chi connectivity index (χ3v) is 5.42. The van der Waals surface area contributed by atoms with Gasteiger partial charge in [-0.05, 0) is 38.1 Å². The molecule has 0 aliphatic rings. The first-order chi connectivity index (χ1) is 15.6. The number of anilines is 1. The number of carbonyl (C=O) groups excluding carboxylic acids is 1. The lowest BCUT2D eigenvalue weighted by atomic mass is 10.1. The average Bonchev–Trinajstić information content (AvgIpc) is 3.44. The van der Waals surface area contributed by atoms with Gasteiger partial charge in [0.25, 0.3) is 0 Å². The number of halogens is 3. The van der Waals surface area contributed by atoms with Gasteiger partial charge in [0.2, 0.25) is 0 Å². The van der Waals surface area contributed by atoms with Gasteiger partial charge in [-0.2, -0.15) is 18.3 Å². The van der Waals surface area contributed by atoms with Crippen LogP contribution in [0.25, 0.3) is 11.3 Å². The largest absolute Gasteiger partial charge is 0.418 e. The van der Waals surface area contributed by atoms with Gasteiger partial charge in [0.05, 0.1) is 33.8 Å². The smallest absolute Gasteiger partial charge is 0.377 e. The van der Waals surface area contributed by atoms with Crippen molar-refractivity contribution in [3.8, 4) is 5.69 Å². The lowest BCUT2D eigenvalue weighted by molar-refractivity contribution is -0.137. The van der Waals surface area contributed by atoms with Crippen molar-refractivity contribution in [3.05, 3.63) is 64.0 Å². The number of carbonyl (C=O) groups is 1. The van der Waals surface area contributed by atoms with Gasteiger partial charge in [0.1, 0.15) is 0 Å². The van der Waals surface area contributed by atoms with E-state index in [4.69, 9.17) is 10.1 Å². The number of hydrogen-bond acceptors (Lipinski definition) is 6. The lowest BCUT2D eigenvalue weighted by Gasteiger charge is -2.18. The number of benzene rings is 1. The third-order valence-electron chi connectivity index (χ3n) is 4.65. The second-order valence-electron chi connectivity index (χ2n) is 6.86. The lowest BCUT2D eigenvalue weighted by Crippen LogP contribution is -2.31. The SMILES string of the molecule is CO[C@@H](C)/C(=C(/C=N)NC(=O)Nc1ccc(-n2cccn2)c(C(F)(F)F)c1)c1csc(C)n1. The van der Waals surface area contributed by atoms with Gasteiger partial charge < -0.3 is 20.8 Å². The molecule has 0 bridgehead atoms. The monoisotopic (exact) mass is 478 g/mol. The molecular weight excluding hydrogens is 457 g/mol. The minimum Gasteiger partial charge on any atom is -0.377 e. The van der Waals surface area contributed by atoms with Crippen LogP contribution < -0.4 is 10.6 Å². The van der Waals surface area contributed by atoms with Crippen molar-refractivity contribution in [2.24, 2.45) is 0 Å². The fraction of sp³-hybridized carbons (Fsp3) is 0.238. The summed E-state index contributed by atoms with van der Waals surface area (Å²) < 4.78 is 47.3. The zero-order valence-electron chi connectivity index (χ0n) is 17.9. The second-order valence-corrected chi connectivity index (χ2v) is 7.92. The summed E-state index contributed by atoms with van der Waals surface area (Å²) in [5.41, 5.74) is -0.0973. The van der Waals surface area contributed by atoms with Crippen LogP contribution >= 0.6 is 11.3 Å². The molecule has 0 saturated heterocycles. The number of aromatic nitrogens is 3. The van der Waals surface area contributed by atoms with Gasteiger partial charge in [-0.1, -0.05) is 0 Å². The molecule has 3 aromatic rings. The Balaban J connectivity index is 1.90. The minimum atomic E-state index is -4.67. The number of ether oxygens (including phenoxy) is 1. The minimum absolute atomic E-state index is 0.0779. The van der Waals surface area contributed by atoms with E-state index in [9.17, 15) is 18.0 Å². The van der Waals surface area contributed by atoms with Crippen molar-refractivity contribution in [1.82, 2.24) is 20.1 Å². The maximum atomic E-state index is 13.6. The van der Waals surface area contributed by atoms with Gasteiger partial charge >= 0.3 is 12.2 Å². The van der Waals surface area contributed by atoms with Crippen LogP contribution in [0.2, 0.25) is 0 Å². The van der Waals surface area contributed by atoms with Crippen molar-refractivity contribution in [1.29, 1.82) is 5.41 Å². The maximum absolute atomic E-state index is 13.6. The molecule has 1 aromatic carbocycles. The highest BCUT2D eigenvalue weighted by Crippen LogP contribution is 2.35. The number of amides is 2. The predicted molar refractivity (Wildman–Crippen MR) is 120 cm³/mol. The van der Waals surface area contributed by atoms with E-state index < -0.39 is 23.9 Å². The van der Waals surface area contributed by atoms with E-state index in [-0.39, 0.29) is 17.1 Å². The quantitative estimate of drug-likeness (QED) is 0.421. The first-order valence-electron chi connectivity index (χ1n) is 9.63. The Morgan fingerprint density at radius 2 is 2.12 bits per heavy atom. The van der Waals surface area contributed by atoms with E-state index >= 15 is 0 Å². The van der Waals surface area contributed by atoms with Crippen molar-refractivity contribution < 1.29 is 22.7 Å². The maximum Gasteiger partial charge on any atom is 0.418 e. The molecule has 0 saturated carbocycles. The molecule has 0 radical (unpaired) electrons. The first kappa shape index (κ1) is 24.1. The number of alkyl halides is 3. The highest BCUT2D eigenvalue weighted by Gasteiger charge is 2.34. The van der Waals surface area contributed by atoms with Crippen LogP contribution in [0.4, 0.5) is 23.7 Å². The number of nitrogens with one attached hydrogen (secondary N) is 3. The van der Waals surface area contributed by atoms with Gasteiger partial charge in [-0.15, -0.1) is 11.3 Å². The Kier molecular flexibility index (Phi) is 7.29. The predicted octanol–water partition coefficient (Wildman–Crippen LogP) is 4.87. The summed E-state index contributed by atoms with van der Waals surface area (Å²) in [5, 5.41) is 19.0. The van der Waals surface area contributed by atoms with E-state index in [1.54, 1.807) is 12.3 Å². The Labute approximate surface area is 191 Å². The molecule has 8 nitrogen and oxygen atoms in total. The fourth-order valence-corrected chi connectivity index (χ4v) is 3.70. The van der Waals surface area contributed by atoms with E-state index in [0.717, 1.165) is 22.0 Å². The molecule has 1 atom stereocenters. The molecule has 0 fully saturated rings. The van der Waals surface area contributed by atoms with Crippen LogP contribution in [0, 0.1) is 12.3 Å². The van der Waals surface area contributed by atoms with Crippen LogP contribution in [0.1, 0.15) is 23.2 Å². The summed E-state index contributed by atoms with van der Waals surface area (Å²) in [6.45, 7) is 3.55. The van der Waals surface area contributed by atoms with Gasteiger partial charge in [0.15, 0.2) is 0 Å². The van der Waals surface area contributed by atoms with Crippen LogP contribution in [0.3, 0.4) is 0 Å². The third kappa shape index (κ3) is 5.65. The first-order valence-corrected chi connectivity index (χ1v) is 10.5. The molecule has 0 spiro atoms. The molecule has 3 N–H and O–H groups in total. The molecule has 0 aliphatic heterocycles. The Morgan fingerprint density at radius 1 is 1.36 bits per heavy atom. The zero-order chi connectivity index (χ0) is 24.2. The van der Waals surface area contributed by atoms with Gasteiger partial charge in [-0.25, -0.2) is 14.5 Å². The normalized spacial score (nSPS) is 13.3. The molecule has 12 heteroatoms. The Bertz CT molecular complexity index is 1170. The topological polar surface area (TPSA) is 105 Å². The van der Waals surface area contributed by atoms with E-state index in [1.165, 1.54) is 49.0 Å². The molecule has 2 heterocycles. The van der Waals surface area contributed by atoms with E-state index in [0.29, 0.717) is 11.3 Å². The fourth-order valence-electron chi connectivity index (χ4n) is 3.09. The highest BCUT2D eigenvalue weighted by atomic mass is 32.1. The summed E-state index contributed by atoms with van der Waals surface area (Å²) in [5.74, 6) is 0. The van der Waals surface area contributed by atoms with E-state index in [2.05, 4.69) is 20.7 Å². The van der Waals surface area contributed by atoms with Crippen molar-refractivity contribution in [3.63, 3.8) is 0 Å². The number of rotatable bonds is 7. The van der Waals surface area contributed by atoms with Crippen molar-refractivity contribution in [2.75, 3.05) is 12.4 Å². The number of methoxy groups -OCH3 is 1. The molecule has 2 amide bonds. The molecule has 3 rings (SSSR count). The Hall–Kier alpha value is -3.51. The number of aryl methyl sites for hydroxylation is 1. The van der Waals surface area contributed by atoms with Crippen molar-refractivity contribution in [2.45, 2.75) is 26.1 Å². The molecular formula is C21H21F3N6O2S. The van der Waals surface area contributed by atoms with Crippen LogP contribution in [0.15, 0.2) is 47.7 Å². The number of nitrogens with zero attached hydrogens (tertiary/aromatic N) is 3. The highest BCUT2D eigenvalue weighted by molar-refractivity contribution is 7.09. The molecule has 33 heavy (non-hydrogen) atoms. The number of thiazole rings is 1. The summed E-state index contributed by atoms with van der Waals surface area (Å²) in [6, 6.07) is 4.07.